The number of hydrogen-bond donors (Lipinski definition) is 1. The van der Waals surface area contributed by atoms with Crippen LogP contribution in [0.25, 0.3) is 11.1 Å². The fourth-order valence-corrected chi connectivity index (χ4v) is 6.57. The Hall–Kier alpha value is -3.55. The first-order valence-corrected chi connectivity index (χ1v) is 14.6. The number of likely N-dealkylation sites (tertiary alicyclic amines) is 1. The number of carbonyl (C=O) groups excluding carboxylic acids is 2. The Labute approximate surface area is 235 Å². The molecule has 0 saturated carbocycles. The number of aryl methyl sites for hydroxylation is 1. The number of carbonyl (C=O) groups is 2. The second-order valence-electron chi connectivity index (χ2n) is 10.3. The molecule has 6 nitrogen and oxygen atoms in total. The van der Waals surface area contributed by atoms with E-state index in [2.05, 4.69) is 58.7 Å². The van der Waals surface area contributed by atoms with E-state index in [4.69, 9.17) is 4.98 Å². The van der Waals surface area contributed by atoms with Crippen LogP contribution in [0.3, 0.4) is 0 Å². The van der Waals surface area contributed by atoms with Crippen molar-refractivity contribution in [2.24, 2.45) is 0 Å². The van der Waals surface area contributed by atoms with Gasteiger partial charge in [-0.15, -0.1) is 11.3 Å². The van der Waals surface area contributed by atoms with E-state index in [1.54, 1.807) is 6.08 Å². The summed E-state index contributed by atoms with van der Waals surface area (Å²) in [5.41, 5.74) is 4.60. The number of benzene rings is 2. The fourth-order valence-electron chi connectivity index (χ4n) is 5.50. The molecule has 2 amide bonds. The van der Waals surface area contributed by atoms with E-state index >= 15 is 0 Å². The second-order valence-corrected chi connectivity index (χ2v) is 11.4. The summed E-state index contributed by atoms with van der Waals surface area (Å²) in [4.78, 5) is 36.1. The number of nitrogens with zero attached hydrogens (tertiary/aromatic N) is 3. The van der Waals surface area contributed by atoms with Crippen LogP contribution in [0.2, 0.25) is 0 Å². The summed E-state index contributed by atoms with van der Waals surface area (Å²) < 4.78 is 0. The summed E-state index contributed by atoms with van der Waals surface area (Å²) in [6.45, 7) is 4.64. The Kier molecular flexibility index (Phi) is 8.69. The summed E-state index contributed by atoms with van der Waals surface area (Å²) in [6, 6.07) is 19.4. The molecule has 2 heterocycles. The van der Waals surface area contributed by atoms with Gasteiger partial charge in [-0.05, 0) is 49.3 Å². The SMILES string of the molecule is CC=CC=CC(=O)Nc1nc2c(s1)CCCC2C(=O)N(C)C1CCN(Cc2ccc(-c3ccccc3)cc2)C1. The van der Waals surface area contributed by atoms with Crippen LogP contribution >= 0.6 is 11.3 Å². The van der Waals surface area contributed by atoms with Gasteiger partial charge >= 0.3 is 0 Å². The molecule has 2 aliphatic rings. The summed E-state index contributed by atoms with van der Waals surface area (Å²) >= 11 is 1.50. The zero-order valence-corrected chi connectivity index (χ0v) is 23.5. The smallest absolute Gasteiger partial charge is 0.250 e. The minimum absolute atomic E-state index is 0.145. The van der Waals surface area contributed by atoms with Crippen LogP contribution in [-0.2, 0) is 22.6 Å². The van der Waals surface area contributed by atoms with Crippen molar-refractivity contribution in [1.29, 1.82) is 0 Å². The summed E-state index contributed by atoms with van der Waals surface area (Å²) in [6.07, 6.45) is 10.5. The van der Waals surface area contributed by atoms with Gasteiger partial charge in [-0.1, -0.05) is 72.8 Å². The first-order valence-electron chi connectivity index (χ1n) is 13.7. The van der Waals surface area contributed by atoms with Gasteiger partial charge in [0, 0.05) is 43.7 Å². The van der Waals surface area contributed by atoms with Gasteiger partial charge in [0.1, 0.15) is 0 Å². The molecule has 2 aromatic carbocycles. The van der Waals surface area contributed by atoms with E-state index in [1.165, 1.54) is 34.1 Å². The lowest BCUT2D eigenvalue weighted by atomic mass is 9.89. The number of nitrogens with one attached hydrogen (secondary N) is 1. The Morgan fingerprint density at radius 2 is 1.85 bits per heavy atom. The van der Waals surface area contributed by atoms with Crippen LogP contribution in [-0.4, -0.2) is 52.8 Å². The van der Waals surface area contributed by atoms with E-state index in [-0.39, 0.29) is 23.8 Å². The first kappa shape index (κ1) is 27.0. The Bertz CT molecular complexity index is 1350. The number of amides is 2. The predicted molar refractivity (Wildman–Crippen MR) is 159 cm³/mol. The van der Waals surface area contributed by atoms with Gasteiger partial charge in [0.25, 0.3) is 0 Å². The number of thiazole rings is 1. The third-order valence-electron chi connectivity index (χ3n) is 7.64. The van der Waals surface area contributed by atoms with E-state index in [0.717, 1.165) is 55.9 Å². The van der Waals surface area contributed by atoms with Crippen LogP contribution in [0.1, 0.15) is 48.2 Å². The van der Waals surface area contributed by atoms with E-state index < -0.39 is 0 Å². The van der Waals surface area contributed by atoms with Gasteiger partial charge in [0.2, 0.25) is 11.8 Å². The number of aromatic nitrogens is 1. The van der Waals surface area contributed by atoms with Gasteiger partial charge in [-0.25, -0.2) is 4.98 Å². The standard InChI is InChI=1S/C32H36N4O2S/c1-3-4-6-14-29(37)33-32-34-30-27(12-9-13-28(30)39-32)31(38)35(2)26-19-20-36(22-26)21-23-15-17-25(18-16-23)24-10-7-5-8-11-24/h3-8,10-11,14-18,26-27H,9,12-13,19-22H2,1-2H3,(H,33,34,37). The molecule has 0 spiro atoms. The second kappa shape index (κ2) is 12.5. The topological polar surface area (TPSA) is 65.5 Å². The number of anilines is 1. The highest BCUT2D eigenvalue weighted by molar-refractivity contribution is 7.15. The molecule has 1 saturated heterocycles. The molecule has 0 bridgehead atoms. The molecule has 1 aliphatic heterocycles. The van der Waals surface area contributed by atoms with Gasteiger partial charge in [0.05, 0.1) is 11.6 Å². The van der Waals surface area contributed by atoms with Gasteiger partial charge in [0.15, 0.2) is 5.13 Å². The summed E-state index contributed by atoms with van der Waals surface area (Å²) in [7, 11) is 1.94. The molecule has 1 fully saturated rings. The normalized spacial score (nSPS) is 19.4. The summed E-state index contributed by atoms with van der Waals surface area (Å²) in [5.74, 6) is -0.301. The van der Waals surface area contributed by atoms with Gasteiger partial charge in [-0.2, -0.15) is 0 Å². The predicted octanol–water partition coefficient (Wildman–Crippen LogP) is 6.03. The highest BCUT2D eigenvalue weighted by Gasteiger charge is 2.36. The molecule has 1 N–H and O–H groups in total. The molecule has 1 aromatic heterocycles. The van der Waals surface area contributed by atoms with E-state index in [9.17, 15) is 9.59 Å². The lowest BCUT2D eigenvalue weighted by Gasteiger charge is -2.30. The number of allylic oxidation sites excluding steroid dienone is 3. The van der Waals surface area contributed by atoms with Gasteiger partial charge in [-0.3, -0.25) is 19.8 Å². The van der Waals surface area contributed by atoms with Crippen LogP contribution < -0.4 is 5.32 Å². The molecule has 5 rings (SSSR count). The van der Waals surface area contributed by atoms with Crippen LogP contribution in [0, 0.1) is 0 Å². The van der Waals surface area contributed by atoms with Crippen molar-refractivity contribution in [3.8, 4) is 11.1 Å². The average Bonchev–Trinajstić information content (AvgIpc) is 3.60. The highest BCUT2D eigenvalue weighted by atomic mass is 32.1. The van der Waals surface area contributed by atoms with Crippen LogP contribution in [0.5, 0.6) is 0 Å². The molecule has 2 unspecified atom stereocenters. The van der Waals surface area contributed by atoms with Crippen molar-refractivity contribution < 1.29 is 9.59 Å². The Morgan fingerprint density at radius 3 is 2.62 bits per heavy atom. The van der Waals surface area contributed by atoms with Crippen LogP contribution in [0.4, 0.5) is 5.13 Å². The fraction of sp³-hybridized carbons (Fsp3) is 0.344. The van der Waals surface area contributed by atoms with E-state index in [0.29, 0.717) is 5.13 Å². The van der Waals surface area contributed by atoms with Crippen molar-refractivity contribution in [1.82, 2.24) is 14.8 Å². The third kappa shape index (κ3) is 6.54. The first-order chi connectivity index (χ1) is 19.0. The number of fused-ring (bicyclic) bond motifs is 1. The molecular formula is C32H36N4O2S. The molecule has 7 heteroatoms. The maximum absolute atomic E-state index is 13.7. The molecular weight excluding hydrogens is 504 g/mol. The van der Waals surface area contributed by atoms with E-state index in [1.807, 2.05) is 37.1 Å². The lowest BCUT2D eigenvalue weighted by molar-refractivity contribution is -0.133. The molecule has 39 heavy (non-hydrogen) atoms. The monoisotopic (exact) mass is 540 g/mol. The third-order valence-corrected chi connectivity index (χ3v) is 8.69. The molecule has 0 radical (unpaired) electrons. The minimum atomic E-state index is -0.237. The van der Waals surface area contributed by atoms with Crippen LogP contribution in [0.15, 0.2) is 78.9 Å². The number of hydrogen-bond acceptors (Lipinski definition) is 5. The Balaban J connectivity index is 1.18. The van der Waals surface area contributed by atoms with Crippen molar-refractivity contribution in [3.05, 3.63) is 95.0 Å². The Morgan fingerprint density at radius 1 is 1.08 bits per heavy atom. The molecule has 1 aliphatic carbocycles. The summed E-state index contributed by atoms with van der Waals surface area (Å²) in [5, 5.41) is 3.43. The molecule has 202 valence electrons. The molecule has 2 atom stereocenters. The zero-order chi connectivity index (χ0) is 27.2. The largest absolute Gasteiger partial charge is 0.341 e. The zero-order valence-electron chi connectivity index (χ0n) is 22.7. The molecule has 3 aromatic rings. The maximum Gasteiger partial charge on any atom is 0.250 e. The maximum atomic E-state index is 13.7. The average molecular weight is 541 g/mol. The number of rotatable bonds is 8. The van der Waals surface area contributed by atoms with Crippen molar-refractivity contribution >= 4 is 28.3 Å². The lowest BCUT2D eigenvalue weighted by Crippen LogP contribution is -2.42. The van der Waals surface area contributed by atoms with Crippen molar-refractivity contribution in [3.63, 3.8) is 0 Å². The highest BCUT2D eigenvalue weighted by Crippen LogP contribution is 2.38. The van der Waals surface area contributed by atoms with Crippen molar-refractivity contribution in [2.45, 2.75) is 51.1 Å². The quantitative estimate of drug-likeness (QED) is 0.280. The number of likely N-dealkylation sites (N-methyl/N-ethyl adjacent to an activating group) is 1. The van der Waals surface area contributed by atoms with Crippen molar-refractivity contribution in [2.75, 3.05) is 25.5 Å². The van der Waals surface area contributed by atoms with Gasteiger partial charge < -0.3 is 4.90 Å². The minimum Gasteiger partial charge on any atom is -0.341 e.